The number of fused-ring (bicyclic) bond motifs is 1. The first-order valence-corrected chi connectivity index (χ1v) is 10.5. The molecule has 0 atom stereocenters. The van der Waals surface area contributed by atoms with Crippen LogP contribution in [0.1, 0.15) is 50.4 Å². The molecule has 0 radical (unpaired) electrons. The predicted octanol–water partition coefficient (Wildman–Crippen LogP) is 5.04. The van der Waals surface area contributed by atoms with Crippen molar-refractivity contribution in [3.63, 3.8) is 0 Å². The van der Waals surface area contributed by atoms with Gasteiger partial charge in [-0.2, -0.15) is 0 Å². The number of hydrogen-bond donors (Lipinski definition) is 1. The summed E-state index contributed by atoms with van der Waals surface area (Å²) in [5.74, 6) is 1.58. The molecule has 1 saturated carbocycles. The molecular weight excluding hydrogens is 348 g/mol. The summed E-state index contributed by atoms with van der Waals surface area (Å²) in [6.07, 6.45) is 11.3. The molecule has 1 fully saturated rings. The van der Waals surface area contributed by atoms with Gasteiger partial charge in [0.2, 0.25) is 0 Å². The van der Waals surface area contributed by atoms with E-state index >= 15 is 0 Å². The van der Waals surface area contributed by atoms with E-state index in [1.807, 2.05) is 32.4 Å². The SMILES string of the molecule is CCOc1ccc(Cc2cc3cc(NC)cnc3n2CC2CCCCC2)nc1. The topological polar surface area (TPSA) is 52.0 Å². The summed E-state index contributed by atoms with van der Waals surface area (Å²) in [5, 5.41) is 4.40. The maximum Gasteiger partial charge on any atom is 0.140 e. The van der Waals surface area contributed by atoms with E-state index in [4.69, 9.17) is 9.72 Å². The quantitative estimate of drug-likeness (QED) is 0.625. The molecule has 148 valence electrons. The third-order valence-corrected chi connectivity index (χ3v) is 5.74. The fourth-order valence-corrected chi connectivity index (χ4v) is 4.27. The molecule has 4 rings (SSSR count). The Morgan fingerprint density at radius 3 is 2.68 bits per heavy atom. The number of ether oxygens (including phenoxy) is 1. The Bertz CT molecular complexity index is 910. The van der Waals surface area contributed by atoms with E-state index in [9.17, 15) is 0 Å². The van der Waals surface area contributed by atoms with Crippen molar-refractivity contribution in [3.05, 3.63) is 48.0 Å². The zero-order chi connectivity index (χ0) is 19.3. The van der Waals surface area contributed by atoms with E-state index < -0.39 is 0 Å². The Morgan fingerprint density at radius 2 is 1.96 bits per heavy atom. The lowest BCUT2D eigenvalue weighted by Crippen LogP contribution is -2.16. The van der Waals surface area contributed by atoms with Crippen molar-refractivity contribution < 1.29 is 4.74 Å². The summed E-state index contributed by atoms with van der Waals surface area (Å²) in [6, 6.07) is 8.55. The average Bonchev–Trinajstić information content (AvgIpc) is 3.06. The zero-order valence-electron chi connectivity index (χ0n) is 16.9. The van der Waals surface area contributed by atoms with Crippen LogP contribution in [0.3, 0.4) is 0 Å². The molecule has 0 amide bonds. The molecule has 3 aromatic heterocycles. The average molecular weight is 379 g/mol. The molecule has 28 heavy (non-hydrogen) atoms. The van der Waals surface area contributed by atoms with Crippen LogP contribution in [0.5, 0.6) is 5.75 Å². The molecule has 0 saturated heterocycles. The van der Waals surface area contributed by atoms with Gasteiger partial charge in [-0.1, -0.05) is 19.3 Å². The van der Waals surface area contributed by atoms with Crippen molar-refractivity contribution >= 4 is 16.7 Å². The standard InChI is InChI=1S/C23H30N4O/c1-3-28-22-10-9-19(25-15-22)13-21-12-18-11-20(24-2)14-26-23(18)27(21)16-17-7-5-4-6-8-17/h9-12,14-15,17,24H,3-8,13,16H2,1-2H3. The van der Waals surface area contributed by atoms with E-state index in [2.05, 4.69) is 33.1 Å². The number of nitrogens with zero attached hydrogens (tertiary/aromatic N) is 3. The molecule has 0 aromatic carbocycles. The highest BCUT2D eigenvalue weighted by Gasteiger charge is 2.18. The van der Waals surface area contributed by atoms with Crippen molar-refractivity contribution in [2.75, 3.05) is 19.0 Å². The first-order valence-electron chi connectivity index (χ1n) is 10.5. The predicted molar refractivity (Wildman–Crippen MR) is 114 cm³/mol. The Labute approximate surface area is 167 Å². The maximum atomic E-state index is 5.52. The van der Waals surface area contributed by atoms with E-state index in [-0.39, 0.29) is 0 Å². The van der Waals surface area contributed by atoms with Crippen LogP contribution in [0, 0.1) is 5.92 Å². The van der Waals surface area contributed by atoms with Gasteiger partial charge in [0, 0.05) is 36.8 Å². The first-order chi connectivity index (χ1) is 13.8. The van der Waals surface area contributed by atoms with Crippen molar-refractivity contribution in [2.24, 2.45) is 5.92 Å². The van der Waals surface area contributed by atoms with Gasteiger partial charge in [-0.15, -0.1) is 0 Å². The van der Waals surface area contributed by atoms with Crippen molar-refractivity contribution in [3.8, 4) is 5.75 Å². The van der Waals surface area contributed by atoms with E-state index in [1.54, 1.807) is 0 Å². The Morgan fingerprint density at radius 1 is 1.11 bits per heavy atom. The normalized spacial score (nSPS) is 15.1. The number of aromatic nitrogens is 3. The summed E-state index contributed by atoms with van der Waals surface area (Å²) in [7, 11) is 1.94. The Kier molecular flexibility index (Phi) is 5.79. The summed E-state index contributed by atoms with van der Waals surface area (Å²) in [5.41, 5.74) is 4.49. The van der Waals surface area contributed by atoms with Crippen LogP contribution in [0.2, 0.25) is 0 Å². The van der Waals surface area contributed by atoms with Crippen LogP contribution >= 0.6 is 0 Å². The highest BCUT2D eigenvalue weighted by Crippen LogP contribution is 2.29. The van der Waals surface area contributed by atoms with Crippen molar-refractivity contribution in [1.82, 2.24) is 14.5 Å². The third-order valence-electron chi connectivity index (χ3n) is 5.74. The second-order valence-electron chi connectivity index (χ2n) is 7.73. The fourth-order valence-electron chi connectivity index (χ4n) is 4.27. The van der Waals surface area contributed by atoms with E-state index in [0.29, 0.717) is 6.61 Å². The molecule has 1 aliphatic carbocycles. The molecule has 1 aliphatic rings. The number of rotatable bonds is 7. The minimum atomic E-state index is 0.663. The van der Waals surface area contributed by atoms with E-state index in [0.717, 1.165) is 41.7 Å². The number of nitrogens with one attached hydrogen (secondary N) is 1. The molecule has 0 spiro atoms. The van der Waals surface area contributed by atoms with Crippen molar-refractivity contribution in [2.45, 2.75) is 52.0 Å². The van der Waals surface area contributed by atoms with Gasteiger partial charge in [0.05, 0.1) is 24.7 Å². The second-order valence-corrected chi connectivity index (χ2v) is 7.73. The zero-order valence-corrected chi connectivity index (χ0v) is 16.9. The molecular formula is C23H30N4O. The van der Waals surface area contributed by atoms with Crippen LogP contribution in [0.25, 0.3) is 11.0 Å². The van der Waals surface area contributed by atoms with E-state index in [1.165, 1.54) is 43.2 Å². The molecule has 3 aromatic rings. The van der Waals surface area contributed by atoms with Gasteiger partial charge in [0.25, 0.3) is 0 Å². The van der Waals surface area contributed by atoms with Gasteiger partial charge in [-0.25, -0.2) is 4.98 Å². The smallest absolute Gasteiger partial charge is 0.140 e. The summed E-state index contributed by atoms with van der Waals surface area (Å²) in [6.45, 7) is 3.71. The van der Waals surface area contributed by atoms with Gasteiger partial charge in [0.1, 0.15) is 11.4 Å². The second kappa shape index (κ2) is 8.63. The summed E-state index contributed by atoms with van der Waals surface area (Å²) < 4.78 is 7.96. The van der Waals surface area contributed by atoms with Gasteiger partial charge >= 0.3 is 0 Å². The molecule has 0 unspecified atom stereocenters. The monoisotopic (exact) mass is 378 g/mol. The number of hydrogen-bond acceptors (Lipinski definition) is 4. The minimum Gasteiger partial charge on any atom is -0.492 e. The third kappa shape index (κ3) is 4.13. The highest BCUT2D eigenvalue weighted by atomic mass is 16.5. The largest absolute Gasteiger partial charge is 0.492 e. The minimum absolute atomic E-state index is 0.663. The van der Waals surface area contributed by atoms with Crippen LogP contribution in [0.15, 0.2) is 36.7 Å². The molecule has 5 heteroatoms. The van der Waals surface area contributed by atoms with Gasteiger partial charge in [-0.3, -0.25) is 4.98 Å². The number of pyridine rings is 2. The van der Waals surface area contributed by atoms with Gasteiger partial charge < -0.3 is 14.6 Å². The molecule has 3 heterocycles. The lowest BCUT2D eigenvalue weighted by molar-refractivity contribution is 0.320. The van der Waals surface area contributed by atoms with Crippen LogP contribution in [0.4, 0.5) is 5.69 Å². The first kappa shape index (κ1) is 18.8. The molecule has 1 N–H and O–H groups in total. The van der Waals surface area contributed by atoms with Crippen LogP contribution < -0.4 is 10.1 Å². The van der Waals surface area contributed by atoms with Crippen LogP contribution in [-0.2, 0) is 13.0 Å². The molecule has 0 aliphatic heterocycles. The molecule has 0 bridgehead atoms. The van der Waals surface area contributed by atoms with Gasteiger partial charge in [-0.05, 0) is 49.9 Å². The Balaban J connectivity index is 1.65. The molecule has 5 nitrogen and oxygen atoms in total. The Hall–Kier alpha value is -2.56. The lowest BCUT2D eigenvalue weighted by Gasteiger charge is -2.23. The lowest BCUT2D eigenvalue weighted by atomic mass is 9.89. The van der Waals surface area contributed by atoms with Crippen LogP contribution in [-0.4, -0.2) is 28.2 Å². The summed E-state index contributed by atoms with van der Waals surface area (Å²) >= 11 is 0. The van der Waals surface area contributed by atoms with Gasteiger partial charge in [0.15, 0.2) is 0 Å². The summed E-state index contributed by atoms with van der Waals surface area (Å²) in [4.78, 5) is 9.39. The highest BCUT2D eigenvalue weighted by molar-refractivity contribution is 5.81. The fraction of sp³-hybridized carbons (Fsp3) is 0.478. The van der Waals surface area contributed by atoms with Crippen molar-refractivity contribution in [1.29, 1.82) is 0 Å². The number of anilines is 1. The maximum absolute atomic E-state index is 5.52.